The molecule has 0 bridgehead atoms. The quantitative estimate of drug-likeness (QED) is 0.293. The molecule has 12 heteroatoms. The van der Waals surface area contributed by atoms with Gasteiger partial charge in [-0.15, -0.1) is 0 Å². The summed E-state index contributed by atoms with van der Waals surface area (Å²) in [5, 5.41) is 2.40. The lowest BCUT2D eigenvalue weighted by molar-refractivity contribution is -0.135. The summed E-state index contributed by atoms with van der Waals surface area (Å²) in [6, 6.07) is 9.32. The normalized spacial score (nSPS) is 19.4. The highest BCUT2D eigenvalue weighted by atomic mass is 16.5. The zero-order chi connectivity index (χ0) is 35.5. The summed E-state index contributed by atoms with van der Waals surface area (Å²) in [6.45, 7) is 8.21. The van der Waals surface area contributed by atoms with Crippen LogP contribution in [0.3, 0.4) is 0 Å². The molecule has 1 N–H and O–H groups in total. The van der Waals surface area contributed by atoms with Crippen molar-refractivity contribution in [2.75, 3.05) is 45.3 Å². The second-order valence-electron chi connectivity index (χ2n) is 14.3. The van der Waals surface area contributed by atoms with E-state index in [2.05, 4.69) is 21.2 Å². The zero-order valence-corrected chi connectivity index (χ0v) is 29.8. The first kappa shape index (κ1) is 33.6. The van der Waals surface area contributed by atoms with Crippen molar-refractivity contribution in [2.24, 2.45) is 19.5 Å². The molecule has 3 aliphatic heterocycles. The number of ether oxygens (including phenoxy) is 2. The fourth-order valence-electron chi connectivity index (χ4n) is 8.42. The Hall–Kier alpha value is -4.84. The predicted molar refractivity (Wildman–Crippen MR) is 192 cm³/mol. The highest BCUT2D eigenvalue weighted by Gasteiger charge is 2.42. The number of carbonyl (C=O) groups is 2. The molecule has 1 atom stereocenters. The molecule has 3 fully saturated rings. The average molecular weight is 683 g/mol. The molecule has 4 aromatic rings. The van der Waals surface area contributed by atoms with E-state index in [1.165, 1.54) is 0 Å². The molecule has 3 saturated heterocycles. The van der Waals surface area contributed by atoms with Crippen molar-refractivity contribution in [2.45, 2.75) is 58.5 Å². The number of hydrogen-bond donors (Lipinski definition) is 1. The molecule has 7 rings (SSSR count). The van der Waals surface area contributed by atoms with E-state index in [9.17, 15) is 19.2 Å². The van der Waals surface area contributed by atoms with E-state index in [1.807, 2.05) is 44.3 Å². The standard InChI is InChI=1S/C38H46N6O6/c1-23-24(2)36(47)40(3)20-26(23)25-18-31(49-5)27(32(19-25)50-6)21-42-15-12-38(13-16-42)14-17-43(22-38)28-8-7-9-29-34(28)41(4)37(48)44(29)30-10-11-33(45)39-35(30)46/h7-9,18-20,30H,10-17,21-22H2,1-6H3,(H,39,45,46). The number of carbonyl (C=O) groups excluding carboxylic acids is 2. The van der Waals surface area contributed by atoms with Crippen LogP contribution in [0.2, 0.25) is 0 Å². The van der Waals surface area contributed by atoms with Gasteiger partial charge >= 0.3 is 5.69 Å². The Morgan fingerprint density at radius 3 is 2.26 bits per heavy atom. The zero-order valence-electron chi connectivity index (χ0n) is 29.8. The Bertz CT molecular complexity index is 2110. The Labute approximate surface area is 291 Å². The molecule has 12 nitrogen and oxygen atoms in total. The number of imidazole rings is 1. The number of benzene rings is 2. The first-order chi connectivity index (χ1) is 23.9. The Balaban J connectivity index is 1.09. The lowest BCUT2D eigenvalue weighted by Crippen LogP contribution is -2.44. The second-order valence-corrected chi connectivity index (χ2v) is 14.3. The minimum Gasteiger partial charge on any atom is -0.496 e. The summed E-state index contributed by atoms with van der Waals surface area (Å²) in [4.78, 5) is 55.4. The van der Waals surface area contributed by atoms with Gasteiger partial charge in [-0.2, -0.15) is 0 Å². The maximum absolute atomic E-state index is 13.5. The van der Waals surface area contributed by atoms with Gasteiger partial charge in [-0.25, -0.2) is 4.79 Å². The number of amides is 2. The molecule has 2 amide bonds. The van der Waals surface area contributed by atoms with Gasteiger partial charge in [-0.05, 0) is 93.4 Å². The number of methoxy groups -OCH3 is 2. The third-order valence-electron chi connectivity index (χ3n) is 11.5. The van der Waals surface area contributed by atoms with E-state index in [0.29, 0.717) is 13.0 Å². The number of pyridine rings is 1. The molecule has 264 valence electrons. The van der Waals surface area contributed by atoms with Crippen LogP contribution in [0.1, 0.15) is 54.8 Å². The second kappa shape index (κ2) is 12.8. The van der Waals surface area contributed by atoms with Crippen LogP contribution in [0.25, 0.3) is 22.2 Å². The van der Waals surface area contributed by atoms with E-state index >= 15 is 0 Å². The van der Waals surface area contributed by atoms with Gasteiger partial charge in [0.05, 0.1) is 36.5 Å². The maximum Gasteiger partial charge on any atom is 0.329 e. The molecule has 3 aliphatic rings. The average Bonchev–Trinajstić information content (AvgIpc) is 3.64. The van der Waals surface area contributed by atoms with Crippen molar-refractivity contribution < 1.29 is 19.1 Å². The van der Waals surface area contributed by atoms with Crippen LogP contribution in [0, 0.1) is 19.3 Å². The van der Waals surface area contributed by atoms with Crippen LogP contribution < -0.4 is 30.9 Å². The number of likely N-dealkylation sites (tertiary alicyclic amines) is 1. The summed E-state index contributed by atoms with van der Waals surface area (Å²) in [5.41, 5.74) is 7.07. The number of anilines is 1. The summed E-state index contributed by atoms with van der Waals surface area (Å²) < 4.78 is 16.7. The smallest absolute Gasteiger partial charge is 0.329 e. The van der Waals surface area contributed by atoms with Gasteiger partial charge in [0, 0.05) is 57.5 Å². The number of para-hydroxylation sites is 1. The van der Waals surface area contributed by atoms with Crippen molar-refractivity contribution in [1.29, 1.82) is 0 Å². The number of aryl methyl sites for hydroxylation is 2. The topological polar surface area (TPSA) is 120 Å². The molecule has 0 aliphatic carbocycles. The van der Waals surface area contributed by atoms with Gasteiger partial charge in [0.15, 0.2) is 0 Å². The van der Waals surface area contributed by atoms with Gasteiger partial charge in [-0.1, -0.05) is 6.07 Å². The number of fused-ring (bicyclic) bond motifs is 1. The van der Waals surface area contributed by atoms with E-state index in [4.69, 9.17) is 9.47 Å². The summed E-state index contributed by atoms with van der Waals surface area (Å²) in [7, 11) is 6.92. The maximum atomic E-state index is 13.5. The van der Waals surface area contributed by atoms with Crippen molar-refractivity contribution in [3.63, 3.8) is 0 Å². The fourth-order valence-corrected chi connectivity index (χ4v) is 8.42. The molecular formula is C38H46N6O6. The fraction of sp³-hybridized carbons (Fsp3) is 0.474. The Morgan fingerprint density at radius 1 is 0.920 bits per heavy atom. The largest absolute Gasteiger partial charge is 0.496 e. The van der Waals surface area contributed by atoms with Crippen LogP contribution in [0.5, 0.6) is 11.5 Å². The molecule has 2 aromatic heterocycles. The van der Waals surface area contributed by atoms with Crippen molar-refractivity contribution in [1.82, 2.24) is 23.9 Å². The SMILES string of the molecule is COc1cc(-c2cn(C)c(=O)c(C)c2C)cc(OC)c1CN1CCC2(CC1)CCN(c1cccc3c1n(C)c(=O)n3C1CCC(=O)NC1=O)C2. The van der Waals surface area contributed by atoms with E-state index in [1.54, 1.807) is 42.0 Å². The number of nitrogens with zero attached hydrogens (tertiary/aromatic N) is 5. The monoisotopic (exact) mass is 682 g/mol. The minimum atomic E-state index is -0.705. The predicted octanol–water partition coefficient (Wildman–Crippen LogP) is 3.81. The molecule has 1 unspecified atom stereocenters. The summed E-state index contributed by atoms with van der Waals surface area (Å²) in [6.07, 6.45) is 5.57. The number of hydrogen-bond acceptors (Lipinski definition) is 8. The van der Waals surface area contributed by atoms with Crippen LogP contribution in [-0.4, -0.2) is 70.8 Å². The molecule has 50 heavy (non-hydrogen) atoms. The lowest BCUT2D eigenvalue weighted by atomic mass is 9.77. The first-order valence-electron chi connectivity index (χ1n) is 17.4. The van der Waals surface area contributed by atoms with Crippen molar-refractivity contribution in [3.05, 3.63) is 74.1 Å². The van der Waals surface area contributed by atoms with Gasteiger partial charge < -0.3 is 18.9 Å². The summed E-state index contributed by atoms with van der Waals surface area (Å²) >= 11 is 0. The summed E-state index contributed by atoms with van der Waals surface area (Å²) in [5.74, 6) is 0.808. The number of aromatic nitrogens is 3. The first-order valence-corrected chi connectivity index (χ1v) is 17.4. The molecule has 0 radical (unpaired) electrons. The van der Waals surface area contributed by atoms with Crippen LogP contribution in [0.15, 0.2) is 46.1 Å². The van der Waals surface area contributed by atoms with Gasteiger partial charge in [-0.3, -0.25) is 33.7 Å². The highest BCUT2D eigenvalue weighted by Crippen LogP contribution is 2.45. The van der Waals surface area contributed by atoms with Gasteiger partial charge in [0.2, 0.25) is 11.8 Å². The van der Waals surface area contributed by atoms with Gasteiger partial charge in [0.1, 0.15) is 17.5 Å². The van der Waals surface area contributed by atoms with Crippen molar-refractivity contribution >= 4 is 28.5 Å². The molecule has 1 spiro atoms. The van der Waals surface area contributed by atoms with Gasteiger partial charge in [0.25, 0.3) is 5.56 Å². The lowest BCUT2D eigenvalue weighted by Gasteiger charge is -2.39. The molecule has 0 saturated carbocycles. The third-order valence-corrected chi connectivity index (χ3v) is 11.5. The van der Waals surface area contributed by atoms with E-state index in [0.717, 1.165) is 101 Å². The molecular weight excluding hydrogens is 636 g/mol. The Kier molecular flexibility index (Phi) is 8.62. The number of rotatable bonds is 7. The highest BCUT2D eigenvalue weighted by molar-refractivity contribution is 6.00. The minimum absolute atomic E-state index is 0.00148. The number of piperidine rings is 2. The Morgan fingerprint density at radius 2 is 1.60 bits per heavy atom. The van der Waals surface area contributed by atoms with Crippen molar-refractivity contribution in [3.8, 4) is 22.6 Å². The third kappa shape index (κ3) is 5.59. The van der Waals surface area contributed by atoms with Crippen LogP contribution in [-0.2, 0) is 30.2 Å². The van der Waals surface area contributed by atoms with Crippen LogP contribution in [0.4, 0.5) is 5.69 Å². The molecule has 5 heterocycles. The van der Waals surface area contributed by atoms with E-state index < -0.39 is 11.9 Å². The van der Waals surface area contributed by atoms with Crippen LogP contribution >= 0.6 is 0 Å². The molecule has 2 aromatic carbocycles. The number of imide groups is 1. The van der Waals surface area contributed by atoms with E-state index in [-0.39, 0.29) is 29.0 Å². The number of nitrogens with one attached hydrogen (secondary N) is 1.